The first kappa shape index (κ1) is 13.5. The van der Waals surface area contributed by atoms with E-state index in [2.05, 4.69) is 28.2 Å². The fourth-order valence-corrected chi connectivity index (χ4v) is 2.99. The summed E-state index contributed by atoms with van der Waals surface area (Å²) in [6.45, 7) is 3.03. The first-order valence-electron chi connectivity index (χ1n) is 6.24. The van der Waals surface area contributed by atoms with Gasteiger partial charge in [0.25, 0.3) is 5.69 Å². The summed E-state index contributed by atoms with van der Waals surface area (Å²) in [5.41, 5.74) is 1.19. The standard InChI is InChI=1S/C13H17BrN2O2/c1-9-3-2-4-13(9)15-8-10-5-6-11(16(17)18)7-12(10)14/h5-7,9,13,15H,2-4,8H2,1H3. The van der Waals surface area contributed by atoms with Crippen LogP contribution in [-0.4, -0.2) is 11.0 Å². The molecule has 0 radical (unpaired) electrons. The van der Waals surface area contributed by atoms with Crippen LogP contribution in [0.2, 0.25) is 0 Å². The highest BCUT2D eigenvalue weighted by molar-refractivity contribution is 9.10. The van der Waals surface area contributed by atoms with Crippen molar-refractivity contribution in [3.63, 3.8) is 0 Å². The van der Waals surface area contributed by atoms with Crippen molar-refractivity contribution in [1.82, 2.24) is 5.32 Å². The van der Waals surface area contributed by atoms with Gasteiger partial charge in [0, 0.05) is 29.2 Å². The van der Waals surface area contributed by atoms with Gasteiger partial charge in [0.05, 0.1) is 4.92 Å². The fraction of sp³-hybridized carbons (Fsp3) is 0.538. The lowest BCUT2D eigenvalue weighted by Crippen LogP contribution is -2.30. The van der Waals surface area contributed by atoms with E-state index in [1.54, 1.807) is 12.1 Å². The zero-order chi connectivity index (χ0) is 13.1. The smallest absolute Gasteiger partial charge is 0.270 e. The Morgan fingerprint density at radius 2 is 2.28 bits per heavy atom. The van der Waals surface area contributed by atoms with Crippen LogP contribution >= 0.6 is 15.9 Å². The number of halogens is 1. The van der Waals surface area contributed by atoms with E-state index in [0.29, 0.717) is 6.04 Å². The number of nitrogens with one attached hydrogen (secondary N) is 1. The number of hydrogen-bond acceptors (Lipinski definition) is 3. The Balaban J connectivity index is 1.99. The van der Waals surface area contributed by atoms with Gasteiger partial charge >= 0.3 is 0 Å². The summed E-state index contributed by atoms with van der Waals surface area (Å²) in [5, 5.41) is 14.2. The van der Waals surface area contributed by atoms with Crippen LogP contribution in [0.1, 0.15) is 31.7 Å². The molecule has 0 spiro atoms. The van der Waals surface area contributed by atoms with Crippen LogP contribution in [-0.2, 0) is 6.54 Å². The SMILES string of the molecule is CC1CCCC1NCc1ccc([N+](=O)[O-])cc1Br. The van der Waals surface area contributed by atoms with Crippen LogP contribution in [0.5, 0.6) is 0 Å². The highest BCUT2D eigenvalue weighted by Gasteiger charge is 2.22. The number of non-ortho nitro benzene ring substituents is 1. The normalized spacial score (nSPS) is 23.2. The Morgan fingerprint density at radius 3 is 2.83 bits per heavy atom. The molecule has 0 aromatic heterocycles. The maximum absolute atomic E-state index is 10.6. The number of hydrogen-bond donors (Lipinski definition) is 1. The average Bonchev–Trinajstić information content (AvgIpc) is 2.73. The topological polar surface area (TPSA) is 55.2 Å². The molecule has 1 aromatic carbocycles. The Kier molecular flexibility index (Phi) is 4.35. The Hall–Kier alpha value is -0.940. The van der Waals surface area contributed by atoms with Gasteiger partial charge in [-0.1, -0.05) is 29.3 Å². The van der Waals surface area contributed by atoms with Crippen molar-refractivity contribution in [2.45, 2.75) is 38.8 Å². The van der Waals surface area contributed by atoms with Crippen molar-refractivity contribution in [2.24, 2.45) is 5.92 Å². The minimum absolute atomic E-state index is 0.125. The molecule has 18 heavy (non-hydrogen) atoms. The van der Waals surface area contributed by atoms with Gasteiger partial charge in [-0.05, 0) is 30.4 Å². The fourth-order valence-electron chi connectivity index (χ4n) is 2.48. The molecular formula is C13H17BrN2O2. The maximum Gasteiger partial charge on any atom is 0.270 e. The zero-order valence-electron chi connectivity index (χ0n) is 10.4. The van der Waals surface area contributed by atoms with Gasteiger partial charge in [0.15, 0.2) is 0 Å². The van der Waals surface area contributed by atoms with E-state index in [1.807, 2.05) is 6.07 Å². The molecule has 1 aliphatic carbocycles. The number of nitrogens with zero attached hydrogens (tertiary/aromatic N) is 1. The Labute approximate surface area is 115 Å². The molecule has 98 valence electrons. The molecule has 0 amide bonds. The third-order valence-corrected chi connectivity index (χ3v) is 4.40. The van der Waals surface area contributed by atoms with Crippen LogP contribution in [0, 0.1) is 16.0 Å². The summed E-state index contributed by atoms with van der Waals surface area (Å²) < 4.78 is 0.801. The van der Waals surface area contributed by atoms with E-state index >= 15 is 0 Å². The van der Waals surface area contributed by atoms with E-state index in [9.17, 15) is 10.1 Å². The van der Waals surface area contributed by atoms with Crippen LogP contribution in [0.15, 0.2) is 22.7 Å². The second kappa shape index (κ2) is 5.80. The lowest BCUT2D eigenvalue weighted by Gasteiger charge is -2.17. The largest absolute Gasteiger partial charge is 0.310 e. The van der Waals surface area contributed by atoms with Gasteiger partial charge in [-0.25, -0.2) is 0 Å². The van der Waals surface area contributed by atoms with Crippen LogP contribution in [0.25, 0.3) is 0 Å². The second-order valence-corrected chi connectivity index (χ2v) is 5.78. The quantitative estimate of drug-likeness (QED) is 0.682. The van der Waals surface area contributed by atoms with Gasteiger partial charge in [-0.2, -0.15) is 0 Å². The molecule has 2 unspecified atom stereocenters. The molecule has 1 N–H and O–H groups in total. The van der Waals surface area contributed by atoms with Crippen molar-refractivity contribution in [2.75, 3.05) is 0 Å². The molecule has 2 atom stereocenters. The molecule has 0 heterocycles. The summed E-state index contributed by atoms with van der Waals surface area (Å²) >= 11 is 3.40. The van der Waals surface area contributed by atoms with E-state index in [0.717, 1.165) is 22.5 Å². The summed E-state index contributed by atoms with van der Waals surface area (Å²) in [6.07, 6.45) is 3.81. The zero-order valence-corrected chi connectivity index (χ0v) is 11.9. The predicted molar refractivity (Wildman–Crippen MR) is 74.4 cm³/mol. The van der Waals surface area contributed by atoms with Crippen LogP contribution in [0.4, 0.5) is 5.69 Å². The third-order valence-electron chi connectivity index (χ3n) is 3.66. The summed E-state index contributed by atoms with van der Waals surface area (Å²) in [6, 6.07) is 5.51. The molecule has 1 saturated carbocycles. The number of rotatable bonds is 4. The monoisotopic (exact) mass is 312 g/mol. The minimum Gasteiger partial charge on any atom is -0.310 e. The molecule has 1 aromatic rings. The second-order valence-electron chi connectivity index (χ2n) is 4.93. The lowest BCUT2D eigenvalue weighted by molar-refractivity contribution is -0.384. The predicted octanol–water partition coefficient (Wildman–Crippen LogP) is 3.64. The molecule has 0 bridgehead atoms. The van der Waals surface area contributed by atoms with E-state index in [4.69, 9.17) is 0 Å². The van der Waals surface area contributed by atoms with E-state index < -0.39 is 0 Å². The Morgan fingerprint density at radius 1 is 1.50 bits per heavy atom. The molecule has 2 rings (SSSR count). The number of benzene rings is 1. The van der Waals surface area contributed by atoms with E-state index in [-0.39, 0.29) is 10.6 Å². The average molecular weight is 313 g/mol. The van der Waals surface area contributed by atoms with Gasteiger partial charge in [-0.3, -0.25) is 10.1 Å². The third kappa shape index (κ3) is 3.09. The Bertz CT molecular complexity index is 451. The summed E-state index contributed by atoms with van der Waals surface area (Å²) in [4.78, 5) is 10.3. The summed E-state index contributed by atoms with van der Waals surface area (Å²) in [5.74, 6) is 0.724. The van der Waals surface area contributed by atoms with Crippen molar-refractivity contribution >= 4 is 21.6 Å². The molecule has 1 aliphatic rings. The highest BCUT2D eigenvalue weighted by atomic mass is 79.9. The molecule has 1 fully saturated rings. The molecule has 0 saturated heterocycles. The molecule has 4 nitrogen and oxygen atoms in total. The first-order valence-corrected chi connectivity index (χ1v) is 7.03. The van der Waals surface area contributed by atoms with Crippen molar-refractivity contribution in [3.8, 4) is 0 Å². The molecule has 5 heteroatoms. The van der Waals surface area contributed by atoms with Gasteiger partial charge in [-0.15, -0.1) is 0 Å². The summed E-state index contributed by atoms with van der Waals surface area (Å²) in [7, 11) is 0. The van der Waals surface area contributed by atoms with Crippen molar-refractivity contribution in [1.29, 1.82) is 0 Å². The number of nitro groups is 1. The molecule has 0 aliphatic heterocycles. The van der Waals surface area contributed by atoms with Gasteiger partial charge in [0.1, 0.15) is 0 Å². The number of nitro benzene ring substituents is 1. The van der Waals surface area contributed by atoms with Crippen molar-refractivity contribution in [3.05, 3.63) is 38.3 Å². The highest BCUT2D eigenvalue weighted by Crippen LogP contribution is 2.27. The van der Waals surface area contributed by atoms with Gasteiger partial charge in [0.2, 0.25) is 0 Å². The molecular weight excluding hydrogens is 296 g/mol. The first-order chi connectivity index (χ1) is 8.58. The minimum atomic E-state index is -0.374. The van der Waals surface area contributed by atoms with Crippen LogP contribution < -0.4 is 5.32 Å². The van der Waals surface area contributed by atoms with Crippen LogP contribution in [0.3, 0.4) is 0 Å². The van der Waals surface area contributed by atoms with Crippen molar-refractivity contribution < 1.29 is 4.92 Å². The lowest BCUT2D eigenvalue weighted by atomic mass is 10.1. The maximum atomic E-state index is 10.6. The van der Waals surface area contributed by atoms with Gasteiger partial charge < -0.3 is 5.32 Å². The van der Waals surface area contributed by atoms with E-state index in [1.165, 1.54) is 19.3 Å².